The first-order valence-corrected chi connectivity index (χ1v) is 11.0. The maximum Gasteiger partial charge on any atom is 0.162 e. The van der Waals surface area contributed by atoms with Gasteiger partial charge < -0.3 is 14.8 Å². The number of nitrogens with one attached hydrogen (secondary N) is 1. The Morgan fingerprint density at radius 3 is 2.09 bits per heavy atom. The fourth-order valence-corrected chi connectivity index (χ4v) is 3.96. The van der Waals surface area contributed by atoms with Crippen molar-refractivity contribution in [2.45, 2.75) is 25.9 Å². The van der Waals surface area contributed by atoms with Crippen LogP contribution in [0.2, 0.25) is 0 Å². The molecular formula is C27H30N4O2. The number of hydrogen-bond donors (Lipinski definition) is 1. The zero-order valence-electron chi connectivity index (χ0n) is 19.7. The monoisotopic (exact) mass is 442 g/mol. The van der Waals surface area contributed by atoms with Crippen molar-refractivity contribution in [1.29, 1.82) is 0 Å². The van der Waals surface area contributed by atoms with E-state index in [1.807, 2.05) is 12.1 Å². The van der Waals surface area contributed by atoms with Crippen LogP contribution in [-0.2, 0) is 0 Å². The van der Waals surface area contributed by atoms with E-state index >= 15 is 0 Å². The van der Waals surface area contributed by atoms with Crippen molar-refractivity contribution in [3.63, 3.8) is 0 Å². The van der Waals surface area contributed by atoms with Crippen molar-refractivity contribution in [2.24, 2.45) is 0 Å². The van der Waals surface area contributed by atoms with Gasteiger partial charge in [-0.15, -0.1) is 0 Å². The summed E-state index contributed by atoms with van der Waals surface area (Å²) in [7, 11) is 5.41. The summed E-state index contributed by atoms with van der Waals surface area (Å²) in [5.74, 6) is 1.99. The first kappa shape index (κ1) is 22.6. The smallest absolute Gasteiger partial charge is 0.162 e. The molecule has 33 heavy (non-hydrogen) atoms. The molecule has 1 aromatic heterocycles. The van der Waals surface area contributed by atoms with Gasteiger partial charge in [-0.1, -0.05) is 42.5 Å². The fraction of sp³-hybridized carbons (Fsp3) is 0.259. The first-order chi connectivity index (χ1) is 16.0. The fourth-order valence-electron chi connectivity index (χ4n) is 3.96. The van der Waals surface area contributed by atoms with Crippen LogP contribution in [0.1, 0.15) is 31.0 Å². The van der Waals surface area contributed by atoms with Crippen LogP contribution in [0.5, 0.6) is 11.5 Å². The highest BCUT2D eigenvalue weighted by Gasteiger charge is 2.21. The molecule has 4 rings (SSSR count). The number of hydrogen-bond acceptors (Lipinski definition) is 6. The number of fused-ring (bicyclic) bond motifs is 1. The Bertz CT molecular complexity index is 1210. The second kappa shape index (κ2) is 9.88. The molecule has 4 aromatic rings. The van der Waals surface area contributed by atoms with Crippen molar-refractivity contribution in [3.8, 4) is 11.5 Å². The summed E-state index contributed by atoms with van der Waals surface area (Å²) in [6.45, 7) is 4.44. The van der Waals surface area contributed by atoms with Crippen molar-refractivity contribution < 1.29 is 9.47 Å². The van der Waals surface area contributed by atoms with Crippen LogP contribution < -0.4 is 14.8 Å². The molecule has 0 saturated heterocycles. The minimum absolute atomic E-state index is 0.178. The molecule has 170 valence electrons. The largest absolute Gasteiger partial charge is 0.493 e. The highest BCUT2D eigenvalue weighted by Crippen LogP contribution is 2.35. The Hall–Kier alpha value is -3.64. The zero-order chi connectivity index (χ0) is 23.4. The zero-order valence-corrected chi connectivity index (χ0v) is 19.7. The molecule has 0 saturated carbocycles. The van der Waals surface area contributed by atoms with E-state index in [4.69, 9.17) is 9.47 Å². The molecule has 6 nitrogen and oxygen atoms in total. The summed E-state index contributed by atoms with van der Waals surface area (Å²) >= 11 is 0. The lowest BCUT2D eigenvalue weighted by Crippen LogP contribution is -2.31. The number of rotatable bonds is 8. The molecule has 0 spiro atoms. The molecule has 0 radical (unpaired) electrons. The first-order valence-electron chi connectivity index (χ1n) is 11.0. The molecule has 0 fully saturated rings. The Morgan fingerprint density at radius 1 is 0.818 bits per heavy atom. The third kappa shape index (κ3) is 4.76. The van der Waals surface area contributed by atoms with E-state index < -0.39 is 0 Å². The van der Waals surface area contributed by atoms with Crippen molar-refractivity contribution >= 4 is 22.4 Å². The highest BCUT2D eigenvalue weighted by molar-refractivity contribution is 5.93. The lowest BCUT2D eigenvalue weighted by molar-refractivity contribution is 0.225. The van der Waals surface area contributed by atoms with Crippen molar-refractivity contribution in [3.05, 3.63) is 84.2 Å². The maximum atomic E-state index is 5.46. The van der Waals surface area contributed by atoms with Gasteiger partial charge >= 0.3 is 0 Å². The van der Waals surface area contributed by atoms with E-state index in [-0.39, 0.29) is 6.04 Å². The molecular weight excluding hydrogens is 412 g/mol. The molecule has 1 N–H and O–H groups in total. The van der Waals surface area contributed by atoms with Crippen molar-refractivity contribution in [1.82, 2.24) is 14.9 Å². The second-order valence-electron chi connectivity index (χ2n) is 8.27. The predicted molar refractivity (Wildman–Crippen MR) is 134 cm³/mol. The maximum absolute atomic E-state index is 5.46. The predicted octanol–water partition coefficient (Wildman–Crippen LogP) is 5.82. The summed E-state index contributed by atoms with van der Waals surface area (Å²) in [6.07, 6.45) is 1.55. The van der Waals surface area contributed by atoms with Gasteiger partial charge in [0.25, 0.3) is 0 Å². The number of aromatic nitrogens is 2. The Morgan fingerprint density at radius 2 is 1.45 bits per heavy atom. The Labute approximate surface area is 195 Å². The van der Waals surface area contributed by atoms with Crippen LogP contribution in [0, 0.1) is 0 Å². The van der Waals surface area contributed by atoms with E-state index in [1.54, 1.807) is 20.5 Å². The molecule has 0 amide bonds. The minimum Gasteiger partial charge on any atom is -0.493 e. The Balaban J connectivity index is 1.65. The van der Waals surface area contributed by atoms with E-state index in [2.05, 4.69) is 95.7 Å². The van der Waals surface area contributed by atoms with Gasteiger partial charge in [-0.25, -0.2) is 9.97 Å². The molecule has 1 atom stereocenters. The molecule has 3 aromatic carbocycles. The van der Waals surface area contributed by atoms with Crippen LogP contribution in [-0.4, -0.2) is 42.2 Å². The topological polar surface area (TPSA) is 59.5 Å². The summed E-state index contributed by atoms with van der Waals surface area (Å²) < 4.78 is 10.9. The van der Waals surface area contributed by atoms with E-state index in [1.165, 1.54) is 11.1 Å². The second-order valence-corrected chi connectivity index (χ2v) is 8.27. The van der Waals surface area contributed by atoms with Gasteiger partial charge in [0.15, 0.2) is 11.5 Å². The SMILES string of the molecule is COc1cc2ncnc(Nc3ccc(C(c4ccccc4)N(C)C(C)C)cc3)c2cc1OC. The summed E-state index contributed by atoms with van der Waals surface area (Å²) in [6, 6.07) is 23.5. The lowest BCUT2D eigenvalue weighted by Gasteiger charge is -2.32. The molecule has 0 aliphatic rings. The quantitative estimate of drug-likeness (QED) is 0.371. The molecule has 0 bridgehead atoms. The molecule has 0 aliphatic heterocycles. The molecule has 6 heteroatoms. The standard InChI is InChI=1S/C27H30N4O2/c1-18(2)31(3)26(19-9-7-6-8-10-19)20-11-13-21(14-12-20)30-27-22-15-24(32-4)25(33-5)16-23(22)28-17-29-27/h6-18,26H,1-5H3,(H,28,29,30). The highest BCUT2D eigenvalue weighted by atomic mass is 16.5. The molecule has 0 aliphatic carbocycles. The molecule has 1 unspecified atom stereocenters. The average Bonchev–Trinajstić information content (AvgIpc) is 2.85. The lowest BCUT2D eigenvalue weighted by atomic mass is 9.96. The number of anilines is 2. The van der Waals surface area contributed by atoms with Gasteiger partial charge in [-0.2, -0.15) is 0 Å². The van der Waals surface area contributed by atoms with Crippen LogP contribution in [0.15, 0.2) is 73.1 Å². The van der Waals surface area contributed by atoms with Gasteiger partial charge in [0.2, 0.25) is 0 Å². The van der Waals surface area contributed by atoms with E-state index in [0.29, 0.717) is 23.4 Å². The normalized spacial score (nSPS) is 12.2. The third-order valence-corrected chi connectivity index (χ3v) is 5.97. The molecule has 1 heterocycles. The van der Waals surface area contributed by atoms with Crippen LogP contribution in [0.4, 0.5) is 11.5 Å². The number of benzene rings is 3. The minimum atomic E-state index is 0.178. The average molecular weight is 443 g/mol. The van der Waals surface area contributed by atoms with E-state index in [0.717, 1.165) is 16.6 Å². The third-order valence-electron chi connectivity index (χ3n) is 5.97. The van der Waals surface area contributed by atoms with Gasteiger partial charge in [-0.05, 0) is 50.2 Å². The van der Waals surface area contributed by atoms with Crippen LogP contribution >= 0.6 is 0 Å². The van der Waals surface area contributed by atoms with Crippen LogP contribution in [0.25, 0.3) is 10.9 Å². The van der Waals surface area contributed by atoms with E-state index in [9.17, 15) is 0 Å². The van der Waals surface area contributed by atoms with Crippen molar-refractivity contribution in [2.75, 3.05) is 26.6 Å². The van der Waals surface area contributed by atoms with Crippen LogP contribution in [0.3, 0.4) is 0 Å². The Kier molecular flexibility index (Phi) is 6.75. The number of methoxy groups -OCH3 is 2. The van der Waals surface area contributed by atoms with Gasteiger partial charge in [-0.3, -0.25) is 4.90 Å². The van der Waals surface area contributed by atoms with Gasteiger partial charge in [0.05, 0.1) is 25.8 Å². The summed E-state index contributed by atoms with van der Waals surface area (Å²) in [5, 5.41) is 4.29. The summed E-state index contributed by atoms with van der Waals surface area (Å²) in [5.41, 5.74) is 4.25. The summed E-state index contributed by atoms with van der Waals surface area (Å²) in [4.78, 5) is 11.2. The number of nitrogens with zero attached hydrogens (tertiary/aromatic N) is 3. The van der Waals surface area contributed by atoms with Gasteiger partial charge in [0, 0.05) is 23.2 Å². The number of ether oxygens (including phenoxy) is 2. The van der Waals surface area contributed by atoms with Gasteiger partial charge in [0.1, 0.15) is 12.1 Å².